The zero-order valence-corrected chi connectivity index (χ0v) is 10.4. The van der Waals surface area contributed by atoms with Crippen LogP contribution in [0.1, 0.15) is 20.8 Å². The van der Waals surface area contributed by atoms with E-state index in [9.17, 15) is 9.13 Å². The lowest BCUT2D eigenvalue weighted by Crippen LogP contribution is -2.40. The summed E-state index contributed by atoms with van der Waals surface area (Å²) in [5, 5.41) is 0. The summed E-state index contributed by atoms with van der Waals surface area (Å²) in [6, 6.07) is 0. The van der Waals surface area contributed by atoms with E-state index in [-0.39, 0.29) is 5.90 Å². The maximum absolute atomic E-state index is 11.5. The molecule has 1 aliphatic heterocycles. The molecule has 1 aliphatic rings. The first-order valence-electron chi connectivity index (χ1n) is 3.46. The number of halogens is 2. The van der Waals surface area contributed by atoms with Crippen molar-refractivity contribution in [2.75, 3.05) is 5.90 Å². The highest BCUT2D eigenvalue weighted by Crippen LogP contribution is 2.88. The molecule has 0 unspecified atom stereocenters. The van der Waals surface area contributed by atoms with Crippen LogP contribution in [-0.2, 0) is 9.13 Å². The molecule has 0 aliphatic carbocycles. The lowest BCUT2D eigenvalue weighted by molar-refractivity contribution is 0.348. The highest BCUT2D eigenvalue weighted by molar-refractivity contribution is 8.13. The van der Waals surface area contributed by atoms with Crippen molar-refractivity contribution in [1.29, 1.82) is 0 Å². The van der Waals surface area contributed by atoms with Crippen molar-refractivity contribution >= 4 is 35.8 Å². The topological polar surface area (TPSA) is 37.4 Å². The minimum absolute atomic E-state index is 0.0552. The van der Waals surface area contributed by atoms with E-state index in [0.29, 0.717) is 0 Å². The summed E-state index contributed by atoms with van der Waals surface area (Å²) in [5.74, 6) is -0.0552. The Balaban J connectivity index is 3.03. The second-order valence-electron chi connectivity index (χ2n) is 3.83. The van der Waals surface area contributed by atoms with Gasteiger partial charge in [0, 0.05) is 5.54 Å². The molecule has 0 radical (unpaired) electrons. The first kappa shape index (κ1) is 11.1. The van der Waals surface area contributed by atoms with E-state index in [4.69, 9.17) is 22.5 Å². The standard InChI is InChI=1S/C5H11Cl2NO2P2/c1-5(2,3)8-11(6,9)4-12(8,7)10/h4H2,1-3H3/t11-,12-/m1/s1. The fourth-order valence-electron chi connectivity index (χ4n) is 1.36. The lowest BCUT2D eigenvalue weighted by Gasteiger charge is -2.47. The van der Waals surface area contributed by atoms with Gasteiger partial charge in [0.05, 0.1) is 0 Å². The minimum atomic E-state index is -2.91. The van der Waals surface area contributed by atoms with Crippen LogP contribution in [0.25, 0.3) is 0 Å². The van der Waals surface area contributed by atoms with E-state index in [1.54, 1.807) is 20.8 Å². The fraction of sp³-hybridized carbons (Fsp3) is 1.00. The maximum atomic E-state index is 11.5. The van der Waals surface area contributed by atoms with Gasteiger partial charge >= 0.3 is 0 Å². The van der Waals surface area contributed by atoms with Gasteiger partial charge in [-0.25, -0.2) is 0 Å². The Morgan fingerprint density at radius 1 is 1.17 bits per heavy atom. The van der Waals surface area contributed by atoms with Crippen LogP contribution in [0.3, 0.4) is 0 Å². The Morgan fingerprint density at radius 2 is 1.50 bits per heavy atom. The Morgan fingerprint density at radius 3 is 1.58 bits per heavy atom. The third-order valence-corrected chi connectivity index (χ3v) is 11.8. The van der Waals surface area contributed by atoms with Crippen LogP contribution in [0, 0.1) is 0 Å². The smallest absolute Gasteiger partial charge is 0.251 e. The van der Waals surface area contributed by atoms with Gasteiger partial charge in [0.2, 0.25) is 0 Å². The van der Waals surface area contributed by atoms with Crippen molar-refractivity contribution in [2.24, 2.45) is 0 Å². The summed E-state index contributed by atoms with van der Waals surface area (Å²) in [4.78, 5) is 0. The quantitative estimate of drug-likeness (QED) is 0.611. The molecule has 0 aromatic heterocycles. The number of hydrogen-bond donors (Lipinski definition) is 0. The first-order valence-corrected chi connectivity index (χ1v) is 8.96. The molecule has 0 aromatic rings. The number of hydrogen-bond acceptors (Lipinski definition) is 2. The van der Waals surface area contributed by atoms with Gasteiger partial charge in [-0.15, -0.1) is 0 Å². The van der Waals surface area contributed by atoms with Crippen LogP contribution < -0.4 is 0 Å². The van der Waals surface area contributed by atoms with Crippen LogP contribution in [0.4, 0.5) is 0 Å². The van der Waals surface area contributed by atoms with Gasteiger partial charge < -0.3 is 0 Å². The number of rotatable bonds is 0. The molecule has 1 heterocycles. The zero-order valence-electron chi connectivity index (χ0n) is 7.12. The van der Waals surface area contributed by atoms with E-state index < -0.39 is 18.8 Å². The lowest BCUT2D eigenvalue weighted by atomic mass is 10.1. The average Bonchev–Trinajstić information content (AvgIpc) is 1.48. The van der Waals surface area contributed by atoms with E-state index in [0.717, 1.165) is 0 Å². The molecule has 3 nitrogen and oxygen atoms in total. The zero-order chi connectivity index (χ0) is 9.78. The van der Waals surface area contributed by atoms with Gasteiger partial charge in [-0.05, 0) is 43.3 Å². The molecular formula is C5H11Cl2NO2P2. The fourth-order valence-corrected chi connectivity index (χ4v) is 13.6. The van der Waals surface area contributed by atoms with Gasteiger partial charge in [-0.2, -0.15) is 4.44 Å². The molecule has 72 valence electrons. The van der Waals surface area contributed by atoms with Crippen molar-refractivity contribution in [2.45, 2.75) is 26.3 Å². The van der Waals surface area contributed by atoms with Crippen molar-refractivity contribution in [3.63, 3.8) is 0 Å². The molecule has 0 N–H and O–H groups in total. The van der Waals surface area contributed by atoms with Crippen molar-refractivity contribution in [1.82, 2.24) is 4.44 Å². The molecule has 0 aromatic carbocycles. The van der Waals surface area contributed by atoms with Crippen LogP contribution in [0.2, 0.25) is 0 Å². The SMILES string of the molecule is CC(C)(C)N1[P@](=O)(Cl)C[P@@]1(=O)Cl. The van der Waals surface area contributed by atoms with E-state index in [1.807, 2.05) is 0 Å². The molecular weight excluding hydrogens is 239 g/mol. The predicted molar refractivity (Wildman–Crippen MR) is 53.4 cm³/mol. The van der Waals surface area contributed by atoms with Crippen molar-refractivity contribution in [3.8, 4) is 0 Å². The van der Waals surface area contributed by atoms with Crippen LogP contribution in [0.15, 0.2) is 0 Å². The molecule has 0 saturated carbocycles. The Hall–Kier alpha value is 1.00. The summed E-state index contributed by atoms with van der Waals surface area (Å²) in [5.41, 5.74) is -0.493. The summed E-state index contributed by atoms with van der Waals surface area (Å²) in [7, 11) is 0. The molecule has 7 heteroatoms. The van der Waals surface area contributed by atoms with E-state index in [1.165, 1.54) is 4.44 Å². The van der Waals surface area contributed by atoms with Gasteiger partial charge in [0.15, 0.2) is 0 Å². The summed E-state index contributed by atoms with van der Waals surface area (Å²) in [6.07, 6.45) is 0. The van der Waals surface area contributed by atoms with Crippen molar-refractivity contribution in [3.05, 3.63) is 0 Å². The minimum Gasteiger partial charge on any atom is -0.288 e. The maximum Gasteiger partial charge on any atom is 0.251 e. The van der Waals surface area contributed by atoms with Gasteiger partial charge in [0.25, 0.3) is 13.3 Å². The Labute approximate surface area is 81.8 Å². The molecule has 1 saturated heterocycles. The van der Waals surface area contributed by atoms with Gasteiger partial charge in [0.1, 0.15) is 5.90 Å². The molecule has 1 fully saturated rings. The van der Waals surface area contributed by atoms with E-state index in [2.05, 4.69) is 0 Å². The second kappa shape index (κ2) is 2.74. The molecule has 12 heavy (non-hydrogen) atoms. The molecule has 1 rings (SSSR count). The van der Waals surface area contributed by atoms with E-state index >= 15 is 0 Å². The van der Waals surface area contributed by atoms with Crippen LogP contribution >= 0.6 is 35.8 Å². The van der Waals surface area contributed by atoms with Gasteiger partial charge in [-0.3, -0.25) is 9.13 Å². The van der Waals surface area contributed by atoms with Gasteiger partial charge in [-0.1, -0.05) is 0 Å². The third-order valence-electron chi connectivity index (χ3n) is 1.51. The normalized spacial score (nSPS) is 44.1. The van der Waals surface area contributed by atoms with Crippen LogP contribution in [-0.4, -0.2) is 15.9 Å². The Bertz CT molecular complexity index is 276. The second-order valence-corrected chi connectivity index (χ2v) is 11.7. The molecule has 0 spiro atoms. The summed E-state index contributed by atoms with van der Waals surface area (Å²) >= 11 is 11.3. The Kier molecular flexibility index (Phi) is 2.53. The first-order chi connectivity index (χ1) is 5.07. The molecule has 0 amide bonds. The van der Waals surface area contributed by atoms with Crippen LogP contribution in [0.5, 0.6) is 0 Å². The molecule has 0 bridgehead atoms. The largest absolute Gasteiger partial charge is 0.288 e. The number of nitrogens with zero attached hydrogens (tertiary/aromatic N) is 1. The monoisotopic (exact) mass is 249 g/mol. The highest BCUT2D eigenvalue weighted by Gasteiger charge is 2.59. The highest BCUT2D eigenvalue weighted by atomic mass is 35.7. The van der Waals surface area contributed by atoms with Crippen molar-refractivity contribution < 1.29 is 9.13 Å². The molecule has 2 atom stereocenters. The average molecular weight is 250 g/mol. The predicted octanol–water partition coefficient (Wildman–Crippen LogP) is 3.92. The third kappa shape index (κ3) is 1.76. The summed E-state index contributed by atoms with van der Waals surface area (Å²) in [6.45, 7) is -0.454. The summed E-state index contributed by atoms with van der Waals surface area (Å²) < 4.78 is 24.3.